The van der Waals surface area contributed by atoms with Crippen molar-refractivity contribution in [2.24, 2.45) is 0 Å². The summed E-state index contributed by atoms with van der Waals surface area (Å²) in [6, 6.07) is 12.7. The van der Waals surface area contributed by atoms with Gasteiger partial charge in [0.1, 0.15) is 17.5 Å². The molecule has 164 valence electrons. The van der Waals surface area contributed by atoms with Crippen molar-refractivity contribution < 1.29 is 22.7 Å². The van der Waals surface area contributed by atoms with E-state index in [2.05, 4.69) is 5.32 Å². The van der Waals surface area contributed by atoms with Crippen LogP contribution in [0.4, 0.5) is 11.4 Å². The molecule has 0 bridgehead atoms. The number of hydrogen-bond donors (Lipinski definition) is 1. The zero-order valence-corrected chi connectivity index (χ0v) is 18.9. The van der Waals surface area contributed by atoms with E-state index in [4.69, 9.17) is 9.47 Å². The van der Waals surface area contributed by atoms with Gasteiger partial charge >= 0.3 is 0 Å². The fraction of sp³-hybridized carbons (Fsp3) is 0.409. The second kappa shape index (κ2) is 10.3. The Labute approximate surface area is 179 Å². The van der Waals surface area contributed by atoms with Gasteiger partial charge in [0.25, 0.3) is 0 Å². The Hall–Kier alpha value is -2.74. The first-order valence-corrected chi connectivity index (χ1v) is 11.8. The van der Waals surface area contributed by atoms with Gasteiger partial charge in [-0.25, -0.2) is 8.42 Å². The van der Waals surface area contributed by atoms with Gasteiger partial charge in [0.15, 0.2) is 0 Å². The molecule has 0 aliphatic heterocycles. The number of rotatable bonds is 10. The highest BCUT2D eigenvalue weighted by atomic mass is 32.2. The van der Waals surface area contributed by atoms with Crippen LogP contribution in [0.1, 0.15) is 34.1 Å². The second-order valence-corrected chi connectivity index (χ2v) is 8.95. The maximum absolute atomic E-state index is 13.0. The Bertz CT molecular complexity index is 925. The number of amides is 1. The molecule has 30 heavy (non-hydrogen) atoms. The normalized spacial score (nSPS) is 12.3. The van der Waals surface area contributed by atoms with E-state index < -0.39 is 22.0 Å². The van der Waals surface area contributed by atoms with Crippen molar-refractivity contribution in [2.75, 3.05) is 22.5 Å². The number of hydrogen-bond acceptors (Lipinski definition) is 5. The summed E-state index contributed by atoms with van der Waals surface area (Å²) in [6.07, 6.45) is 1.45. The number of anilines is 2. The lowest BCUT2D eigenvalue weighted by atomic mass is 10.1. The summed E-state index contributed by atoms with van der Waals surface area (Å²) in [6.45, 7) is 8.02. The first kappa shape index (κ1) is 23.5. The van der Waals surface area contributed by atoms with Crippen LogP contribution in [0.5, 0.6) is 11.5 Å². The predicted octanol–water partition coefficient (Wildman–Crippen LogP) is 4.06. The molecular formula is C22H30N2O5S. The number of ether oxygens (including phenoxy) is 2. The molecule has 1 amide bonds. The minimum absolute atomic E-state index is 0.0485. The van der Waals surface area contributed by atoms with E-state index in [0.717, 1.165) is 10.6 Å². The zero-order chi connectivity index (χ0) is 22.3. The third kappa shape index (κ3) is 6.38. The van der Waals surface area contributed by atoms with Crippen LogP contribution in [0.25, 0.3) is 0 Å². The van der Waals surface area contributed by atoms with Crippen LogP contribution >= 0.6 is 0 Å². The molecule has 2 rings (SSSR count). The topological polar surface area (TPSA) is 84.9 Å². The standard InChI is InChI=1S/C22H30N2O5S/c1-6-21(22(25)23-17-8-12-20(13-9-17)29-16(3)4)24(30(5,26)27)18-10-14-19(15-11-18)28-7-2/h8-16,21H,6-7H2,1-5H3,(H,23,25). The van der Waals surface area contributed by atoms with Crippen LogP contribution in [0.15, 0.2) is 48.5 Å². The molecular weight excluding hydrogens is 404 g/mol. The molecule has 0 aliphatic rings. The number of carbonyl (C=O) groups excluding carboxylic acids is 1. The van der Waals surface area contributed by atoms with Crippen LogP contribution < -0.4 is 19.1 Å². The van der Waals surface area contributed by atoms with Crippen molar-refractivity contribution in [3.63, 3.8) is 0 Å². The molecule has 0 saturated carbocycles. The SMILES string of the molecule is CCOc1ccc(N(C(CC)C(=O)Nc2ccc(OC(C)C)cc2)S(C)(=O)=O)cc1. The molecule has 1 atom stereocenters. The van der Waals surface area contributed by atoms with Gasteiger partial charge in [-0.05, 0) is 75.7 Å². The van der Waals surface area contributed by atoms with Gasteiger partial charge in [-0.1, -0.05) is 6.92 Å². The molecule has 0 aliphatic carbocycles. The third-order valence-corrected chi connectivity index (χ3v) is 5.41. The van der Waals surface area contributed by atoms with Gasteiger partial charge in [0.2, 0.25) is 15.9 Å². The van der Waals surface area contributed by atoms with Crippen molar-refractivity contribution in [3.8, 4) is 11.5 Å². The van der Waals surface area contributed by atoms with E-state index >= 15 is 0 Å². The number of nitrogens with one attached hydrogen (secondary N) is 1. The Morgan fingerprint density at radius 2 is 1.57 bits per heavy atom. The van der Waals surface area contributed by atoms with Crippen LogP contribution in [-0.2, 0) is 14.8 Å². The summed E-state index contributed by atoms with van der Waals surface area (Å²) in [7, 11) is -3.70. The minimum atomic E-state index is -3.70. The molecule has 0 spiro atoms. The van der Waals surface area contributed by atoms with Crippen molar-refractivity contribution >= 4 is 27.3 Å². The molecule has 2 aromatic carbocycles. The molecule has 7 nitrogen and oxygen atoms in total. The van der Waals surface area contributed by atoms with Crippen molar-refractivity contribution in [1.82, 2.24) is 0 Å². The summed E-state index contributed by atoms with van der Waals surface area (Å²) in [5, 5.41) is 2.80. The predicted molar refractivity (Wildman–Crippen MR) is 120 cm³/mol. The smallest absolute Gasteiger partial charge is 0.248 e. The molecule has 0 heterocycles. The number of nitrogens with zero attached hydrogens (tertiary/aromatic N) is 1. The largest absolute Gasteiger partial charge is 0.494 e. The monoisotopic (exact) mass is 434 g/mol. The van der Waals surface area contributed by atoms with Crippen LogP contribution in [0.3, 0.4) is 0 Å². The van der Waals surface area contributed by atoms with Crippen molar-refractivity contribution in [2.45, 2.75) is 46.3 Å². The van der Waals surface area contributed by atoms with E-state index in [9.17, 15) is 13.2 Å². The summed E-state index contributed by atoms with van der Waals surface area (Å²) in [4.78, 5) is 13.0. The van der Waals surface area contributed by atoms with Gasteiger partial charge in [0, 0.05) is 5.69 Å². The van der Waals surface area contributed by atoms with E-state index in [0.29, 0.717) is 35.9 Å². The molecule has 0 fully saturated rings. The lowest BCUT2D eigenvalue weighted by molar-refractivity contribution is -0.117. The van der Waals surface area contributed by atoms with Gasteiger partial charge in [-0.2, -0.15) is 0 Å². The number of sulfonamides is 1. The average Bonchev–Trinajstić information content (AvgIpc) is 2.67. The fourth-order valence-electron chi connectivity index (χ4n) is 3.03. The van der Waals surface area contributed by atoms with Crippen LogP contribution in [0, 0.1) is 0 Å². The lowest BCUT2D eigenvalue weighted by Crippen LogP contribution is -2.46. The van der Waals surface area contributed by atoms with E-state index in [1.165, 1.54) is 0 Å². The first-order valence-electron chi connectivity index (χ1n) is 9.95. The number of carbonyl (C=O) groups is 1. The maximum atomic E-state index is 13.0. The highest BCUT2D eigenvalue weighted by Crippen LogP contribution is 2.26. The molecule has 0 saturated heterocycles. The van der Waals surface area contributed by atoms with Gasteiger partial charge in [-0.3, -0.25) is 9.10 Å². The first-order chi connectivity index (χ1) is 14.2. The minimum Gasteiger partial charge on any atom is -0.494 e. The summed E-state index contributed by atoms with van der Waals surface area (Å²) in [5.74, 6) is 0.924. The molecule has 1 unspecified atom stereocenters. The van der Waals surface area contributed by atoms with E-state index in [1.54, 1.807) is 55.5 Å². The fourth-order valence-corrected chi connectivity index (χ4v) is 4.24. The molecule has 0 radical (unpaired) electrons. The Kier molecular flexibility index (Phi) is 8.11. The van der Waals surface area contributed by atoms with Gasteiger partial charge in [-0.15, -0.1) is 0 Å². The van der Waals surface area contributed by atoms with E-state index in [1.807, 2.05) is 20.8 Å². The Morgan fingerprint density at radius 1 is 1.00 bits per heavy atom. The Balaban J connectivity index is 2.25. The maximum Gasteiger partial charge on any atom is 0.248 e. The second-order valence-electron chi connectivity index (χ2n) is 7.09. The summed E-state index contributed by atoms with van der Waals surface area (Å²) >= 11 is 0. The quantitative estimate of drug-likeness (QED) is 0.610. The summed E-state index contributed by atoms with van der Waals surface area (Å²) in [5.41, 5.74) is 0.971. The van der Waals surface area contributed by atoms with Crippen molar-refractivity contribution in [3.05, 3.63) is 48.5 Å². The molecule has 0 aromatic heterocycles. The van der Waals surface area contributed by atoms with Crippen LogP contribution in [-0.4, -0.2) is 39.3 Å². The third-order valence-electron chi connectivity index (χ3n) is 4.23. The van der Waals surface area contributed by atoms with Crippen LogP contribution in [0.2, 0.25) is 0 Å². The summed E-state index contributed by atoms with van der Waals surface area (Å²) < 4.78 is 37.3. The van der Waals surface area contributed by atoms with Gasteiger partial charge in [0.05, 0.1) is 24.7 Å². The zero-order valence-electron chi connectivity index (χ0n) is 18.1. The molecule has 8 heteroatoms. The average molecular weight is 435 g/mol. The number of benzene rings is 2. The highest BCUT2D eigenvalue weighted by Gasteiger charge is 2.31. The highest BCUT2D eigenvalue weighted by molar-refractivity contribution is 7.92. The lowest BCUT2D eigenvalue weighted by Gasteiger charge is -2.30. The molecule has 1 N–H and O–H groups in total. The molecule has 2 aromatic rings. The Morgan fingerprint density at radius 3 is 2.03 bits per heavy atom. The van der Waals surface area contributed by atoms with E-state index in [-0.39, 0.29) is 6.10 Å². The van der Waals surface area contributed by atoms with Crippen molar-refractivity contribution in [1.29, 1.82) is 0 Å². The van der Waals surface area contributed by atoms with Gasteiger partial charge < -0.3 is 14.8 Å².